The normalized spacial score (nSPS) is 10.2. The maximum atomic E-state index is 13.3. The number of rotatable bonds is 4. The molecule has 0 aliphatic carbocycles. The molecule has 0 heterocycles. The summed E-state index contributed by atoms with van der Waals surface area (Å²) in [6.07, 6.45) is -0.169. The minimum atomic E-state index is -0.668. The molecule has 0 aromatic heterocycles. The van der Waals surface area contributed by atoms with Crippen molar-refractivity contribution in [1.82, 2.24) is 0 Å². The molecule has 0 amide bonds. The van der Waals surface area contributed by atoms with Gasteiger partial charge in [-0.3, -0.25) is 0 Å². The second kappa shape index (κ2) is 5.52. The molecule has 1 aromatic rings. The van der Waals surface area contributed by atoms with Gasteiger partial charge in [0.1, 0.15) is 11.4 Å². The van der Waals surface area contributed by atoms with E-state index in [1.807, 2.05) is 0 Å². The van der Waals surface area contributed by atoms with Gasteiger partial charge in [-0.25, -0.2) is 9.18 Å². The third kappa shape index (κ3) is 3.09. The smallest absolute Gasteiger partial charge is 0.341 e. The molecule has 0 bridgehead atoms. The molecule has 0 saturated carbocycles. The Morgan fingerprint density at radius 1 is 1.29 bits per heavy atom. The lowest BCUT2D eigenvalue weighted by molar-refractivity contribution is 0.0592. The molecule has 0 radical (unpaired) electrons. The molecule has 17 heavy (non-hydrogen) atoms. The Morgan fingerprint density at radius 3 is 2.41 bits per heavy atom. The van der Waals surface area contributed by atoms with Gasteiger partial charge in [0.15, 0.2) is 11.5 Å². The highest BCUT2D eigenvalue weighted by Gasteiger charge is 2.20. The van der Waals surface area contributed by atoms with E-state index < -0.39 is 11.8 Å². The van der Waals surface area contributed by atoms with Crippen LogP contribution in [0.25, 0.3) is 0 Å². The second-order valence-corrected chi connectivity index (χ2v) is 3.64. The molecule has 1 rings (SSSR count). The fourth-order valence-corrected chi connectivity index (χ4v) is 1.34. The van der Waals surface area contributed by atoms with Crippen molar-refractivity contribution in [2.45, 2.75) is 20.0 Å². The minimum absolute atomic E-state index is 0.0121. The molecule has 0 aliphatic heterocycles. The largest absolute Gasteiger partial charge is 0.493 e. The molecule has 5 heteroatoms. The van der Waals surface area contributed by atoms with Crippen LogP contribution in [0.2, 0.25) is 0 Å². The van der Waals surface area contributed by atoms with Crippen LogP contribution in [-0.2, 0) is 4.74 Å². The van der Waals surface area contributed by atoms with Gasteiger partial charge in [-0.05, 0) is 19.9 Å². The minimum Gasteiger partial charge on any atom is -0.493 e. The Labute approximate surface area is 99.3 Å². The van der Waals surface area contributed by atoms with Crippen molar-refractivity contribution in [2.24, 2.45) is 0 Å². The third-order valence-corrected chi connectivity index (χ3v) is 2.00. The summed E-state index contributed by atoms with van der Waals surface area (Å²) in [5, 5.41) is 0. The molecule has 0 spiro atoms. The quantitative estimate of drug-likeness (QED) is 0.760. The molecule has 1 aromatic carbocycles. The molecule has 0 fully saturated rings. The first-order valence-corrected chi connectivity index (χ1v) is 5.12. The summed E-state index contributed by atoms with van der Waals surface area (Å²) in [5.74, 6) is -0.897. The lowest BCUT2D eigenvalue weighted by atomic mass is 10.1. The number of benzene rings is 1. The van der Waals surface area contributed by atoms with E-state index in [4.69, 9.17) is 9.47 Å². The molecular formula is C12H15FO4. The number of esters is 1. The Morgan fingerprint density at radius 2 is 1.94 bits per heavy atom. The van der Waals surface area contributed by atoms with Crippen molar-refractivity contribution in [1.29, 1.82) is 0 Å². The van der Waals surface area contributed by atoms with E-state index in [0.29, 0.717) is 0 Å². The highest BCUT2D eigenvalue weighted by atomic mass is 19.1. The topological polar surface area (TPSA) is 44.8 Å². The zero-order valence-corrected chi connectivity index (χ0v) is 10.2. The standard InChI is InChI=1S/C12H15FO4/c1-7(2)17-11-9(12(14)16-4)5-8(13)6-10(11)15-3/h5-7H,1-4H3. The summed E-state index contributed by atoms with van der Waals surface area (Å²) < 4.78 is 28.3. The van der Waals surface area contributed by atoms with Gasteiger partial charge >= 0.3 is 5.97 Å². The van der Waals surface area contributed by atoms with Crippen molar-refractivity contribution in [3.63, 3.8) is 0 Å². The molecule has 4 nitrogen and oxygen atoms in total. The van der Waals surface area contributed by atoms with Crippen molar-refractivity contribution in [3.8, 4) is 11.5 Å². The van der Waals surface area contributed by atoms with Gasteiger partial charge in [-0.15, -0.1) is 0 Å². The van der Waals surface area contributed by atoms with Crippen molar-refractivity contribution < 1.29 is 23.4 Å². The summed E-state index contributed by atoms with van der Waals surface area (Å²) in [6.45, 7) is 3.59. The number of carbonyl (C=O) groups excluding carboxylic acids is 1. The predicted octanol–water partition coefficient (Wildman–Crippen LogP) is 2.41. The van der Waals surface area contributed by atoms with E-state index in [1.54, 1.807) is 13.8 Å². The molecule has 0 saturated heterocycles. The second-order valence-electron chi connectivity index (χ2n) is 3.64. The molecular weight excluding hydrogens is 227 g/mol. The lowest BCUT2D eigenvalue weighted by Crippen LogP contribution is -2.12. The first-order valence-electron chi connectivity index (χ1n) is 5.12. The van der Waals surface area contributed by atoms with Gasteiger partial charge in [-0.2, -0.15) is 0 Å². The van der Waals surface area contributed by atoms with Crippen LogP contribution < -0.4 is 9.47 Å². The van der Waals surface area contributed by atoms with Crippen molar-refractivity contribution >= 4 is 5.97 Å². The van der Waals surface area contributed by atoms with Crippen LogP contribution in [0, 0.1) is 5.82 Å². The third-order valence-electron chi connectivity index (χ3n) is 2.00. The number of methoxy groups -OCH3 is 2. The zero-order chi connectivity index (χ0) is 13.0. The summed E-state index contributed by atoms with van der Waals surface area (Å²) >= 11 is 0. The number of carbonyl (C=O) groups is 1. The van der Waals surface area contributed by atoms with E-state index in [9.17, 15) is 9.18 Å². The van der Waals surface area contributed by atoms with Crippen molar-refractivity contribution in [3.05, 3.63) is 23.5 Å². The predicted molar refractivity (Wildman–Crippen MR) is 60.1 cm³/mol. The monoisotopic (exact) mass is 242 g/mol. The SMILES string of the molecule is COC(=O)c1cc(F)cc(OC)c1OC(C)C. The van der Waals surface area contributed by atoms with Gasteiger partial charge in [-0.1, -0.05) is 0 Å². The average Bonchev–Trinajstić information content (AvgIpc) is 2.29. The van der Waals surface area contributed by atoms with Gasteiger partial charge in [0.05, 0.1) is 20.3 Å². The van der Waals surface area contributed by atoms with Gasteiger partial charge < -0.3 is 14.2 Å². The number of hydrogen-bond donors (Lipinski definition) is 0. The Hall–Kier alpha value is -1.78. The van der Waals surface area contributed by atoms with Gasteiger partial charge in [0.25, 0.3) is 0 Å². The maximum absolute atomic E-state index is 13.3. The van der Waals surface area contributed by atoms with Crippen LogP contribution in [0.5, 0.6) is 11.5 Å². The summed E-state index contributed by atoms with van der Waals surface area (Å²) in [7, 11) is 2.60. The summed E-state index contributed by atoms with van der Waals surface area (Å²) in [6, 6.07) is 2.22. The molecule has 0 aliphatic rings. The fourth-order valence-electron chi connectivity index (χ4n) is 1.34. The van der Waals surface area contributed by atoms with Crippen molar-refractivity contribution in [2.75, 3.05) is 14.2 Å². The first kappa shape index (κ1) is 13.3. The molecule has 94 valence electrons. The Bertz CT molecular complexity index is 415. The van der Waals surface area contributed by atoms with E-state index in [-0.39, 0.29) is 23.2 Å². The van der Waals surface area contributed by atoms with Gasteiger partial charge in [0, 0.05) is 6.07 Å². The van der Waals surface area contributed by atoms with Gasteiger partial charge in [0.2, 0.25) is 0 Å². The average molecular weight is 242 g/mol. The fraction of sp³-hybridized carbons (Fsp3) is 0.417. The number of halogens is 1. The van der Waals surface area contributed by atoms with E-state index in [2.05, 4.69) is 4.74 Å². The van der Waals surface area contributed by atoms with E-state index >= 15 is 0 Å². The van der Waals surface area contributed by atoms with Crippen LogP contribution in [0.1, 0.15) is 24.2 Å². The molecule has 0 unspecified atom stereocenters. The summed E-state index contributed by atoms with van der Waals surface area (Å²) in [5.41, 5.74) is 0.0121. The Kier molecular flexibility index (Phi) is 4.31. The zero-order valence-electron chi connectivity index (χ0n) is 10.2. The Balaban J connectivity index is 3.33. The summed E-state index contributed by atoms with van der Waals surface area (Å²) in [4.78, 5) is 11.5. The van der Waals surface area contributed by atoms with E-state index in [1.165, 1.54) is 14.2 Å². The maximum Gasteiger partial charge on any atom is 0.341 e. The number of ether oxygens (including phenoxy) is 3. The van der Waals surface area contributed by atoms with Crippen LogP contribution in [-0.4, -0.2) is 26.3 Å². The molecule has 0 N–H and O–H groups in total. The first-order chi connectivity index (χ1) is 7.99. The van der Waals surface area contributed by atoms with Crippen LogP contribution in [0.4, 0.5) is 4.39 Å². The van der Waals surface area contributed by atoms with Crippen LogP contribution in [0.3, 0.4) is 0 Å². The van der Waals surface area contributed by atoms with Crippen LogP contribution in [0.15, 0.2) is 12.1 Å². The lowest BCUT2D eigenvalue weighted by Gasteiger charge is -2.16. The molecule has 0 atom stereocenters. The number of hydrogen-bond acceptors (Lipinski definition) is 4. The van der Waals surface area contributed by atoms with E-state index in [0.717, 1.165) is 12.1 Å². The highest BCUT2D eigenvalue weighted by Crippen LogP contribution is 2.33. The van der Waals surface area contributed by atoms with Crippen LogP contribution >= 0.6 is 0 Å². The highest BCUT2D eigenvalue weighted by molar-refractivity contribution is 5.93.